The zero-order valence-corrected chi connectivity index (χ0v) is 16.2. The van der Waals surface area contributed by atoms with E-state index in [2.05, 4.69) is 0 Å². The molecule has 0 aliphatic heterocycles. The van der Waals surface area contributed by atoms with E-state index in [1.54, 1.807) is 48.6 Å². The number of hydrogen-bond donors (Lipinski definition) is 3. The van der Waals surface area contributed by atoms with Crippen LogP contribution < -0.4 is 18.9 Å². The summed E-state index contributed by atoms with van der Waals surface area (Å²) in [5, 5.41) is 29.3. The van der Waals surface area contributed by atoms with Gasteiger partial charge in [0, 0.05) is 0 Å². The van der Waals surface area contributed by atoms with Gasteiger partial charge >= 0.3 is 0 Å². The third-order valence-corrected chi connectivity index (χ3v) is 4.16. The van der Waals surface area contributed by atoms with Gasteiger partial charge in [-0.25, -0.2) is 0 Å². The first-order valence-corrected chi connectivity index (χ1v) is 8.70. The highest BCUT2D eigenvalue weighted by atomic mass is 16.5. The Morgan fingerprint density at radius 3 is 2.11 bits per heavy atom. The topological polar surface area (TPSA) is 97.6 Å². The Hall–Kier alpha value is -2.74. The zero-order valence-electron chi connectivity index (χ0n) is 16.2. The van der Waals surface area contributed by atoms with Crippen molar-refractivity contribution in [3.63, 3.8) is 0 Å². The van der Waals surface area contributed by atoms with Crippen molar-refractivity contribution < 1.29 is 34.3 Å². The number of methoxy groups -OCH3 is 3. The van der Waals surface area contributed by atoms with Gasteiger partial charge in [0.2, 0.25) is 0 Å². The molecule has 28 heavy (non-hydrogen) atoms. The van der Waals surface area contributed by atoms with E-state index in [9.17, 15) is 10.2 Å². The monoisotopic (exact) mass is 390 g/mol. The fraction of sp³-hybridized carbons (Fsp3) is 0.333. The minimum Gasteiger partial charge on any atom is -0.493 e. The predicted molar refractivity (Wildman–Crippen MR) is 105 cm³/mol. The van der Waals surface area contributed by atoms with E-state index in [0.29, 0.717) is 28.6 Å². The smallest absolute Gasteiger partial charge is 0.161 e. The fourth-order valence-electron chi connectivity index (χ4n) is 2.69. The molecule has 0 heterocycles. The minimum atomic E-state index is -1.11. The van der Waals surface area contributed by atoms with E-state index in [4.69, 9.17) is 24.1 Å². The maximum absolute atomic E-state index is 10.7. The lowest BCUT2D eigenvalue weighted by molar-refractivity contribution is -0.000517. The summed E-state index contributed by atoms with van der Waals surface area (Å²) in [6.45, 7) is -0.477. The highest BCUT2D eigenvalue weighted by Crippen LogP contribution is 2.34. The largest absolute Gasteiger partial charge is 0.493 e. The second-order valence-corrected chi connectivity index (χ2v) is 5.89. The molecular formula is C21H26O7. The van der Waals surface area contributed by atoms with Crippen LogP contribution in [0.25, 0.3) is 6.08 Å². The molecule has 0 bridgehead atoms. The van der Waals surface area contributed by atoms with Gasteiger partial charge in [-0.15, -0.1) is 0 Å². The van der Waals surface area contributed by atoms with Crippen LogP contribution in [-0.4, -0.2) is 56.0 Å². The lowest BCUT2D eigenvalue weighted by Crippen LogP contribution is -2.29. The standard InChI is InChI=1S/C21H26O7/c1-25-16-9-7-15(12-19(16)27-3)21(24)20(13-23)28-17-8-6-14(5-4-10-22)11-18(17)26-2/h4-9,11-12,20-24H,10,13H2,1-3H3. The maximum Gasteiger partial charge on any atom is 0.161 e. The van der Waals surface area contributed by atoms with Crippen LogP contribution in [0.5, 0.6) is 23.0 Å². The van der Waals surface area contributed by atoms with E-state index in [-0.39, 0.29) is 6.61 Å². The molecule has 2 aromatic carbocycles. The first kappa shape index (κ1) is 21.6. The van der Waals surface area contributed by atoms with E-state index in [1.807, 2.05) is 0 Å². The maximum atomic E-state index is 10.7. The molecule has 3 N–H and O–H groups in total. The van der Waals surface area contributed by atoms with Crippen molar-refractivity contribution >= 4 is 6.08 Å². The van der Waals surface area contributed by atoms with Crippen molar-refractivity contribution in [1.82, 2.24) is 0 Å². The molecule has 0 radical (unpaired) electrons. The van der Waals surface area contributed by atoms with Gasteiger partial charge in [0.05, 0.1) is 34.5 Å². The molecule has 0 aromatic heterocycles. The molecule has 2 atom stereocenters. The predicted octanol–water partition coefficient (Wildman–Crippen LogP) is 2.19. The molecule has 2 unspecified atom stereocenters. The third kappa shape index (κ3) is 5.16. The van der Waals surface area contributed by atoms with Gasteiger partial charge in [-0.2, -0.15) is 0 Å². The summed E-state index contributed by atoms with van der Waals surface area (Å²) in [6, 6.07) is 10.2. The Bertz CT molecular complexity index is 788. The summed E-state index contributed by atoms with van der Waals surface area (Å²) < 4.78 is 21.6. The van der Waals surface area contributed by atoms with Gasteiger partial charge in [-0.3, -0.25) is 0 Å². The molecular weight excluding hydrogens is 364 g/mol. The molecule has 0 aliphatic carbocycles. The van der Waals surface area contributed by atoms with Crippen molar-refractivity contribution in [3.8, 4) is 23.0 Å². The van der Waals surface area contributed by atoms with Crippen LogP contribution in [0.4, 0.5) is 0 Å². The van der Waals surface area contributed by atoms with Gasteiger partial charge in [0.1, 0.15) is 6.10 Å². The average molecular weight is 390 g/mol. The summed E-state index contributed by atoms with van der Waals surface area (Å²) in [4.78, 5) is 0. The SMILES string of the molecule is COc1ccc(C(O)C(CO)Oc2ccc(C=CCO)cc2OC)cc1OC. The molecule has 0 saturated heterocycles. The Labute approximate surface area is 164 Å². The second-order valence-electron chi connectivity index (χ2n) is 5.89. The fourth-order valence-corrected chi connectivity index (χ4v) is 2.69. The van der Waals surface area contributed by atoms with Gasteiger partial charge in [-0.05, 0) is 35.4 Å². The van der Waals surface area contributed by atoms with Crippen molar-refractivity contribution in [2.24, 2.45) is 0 Å². The van der Waals surface area contributed by atoms with Crippen molar-refractivity contribution in [1.29, 1.82) is 0 Å². The molecule has 2 rings (SSSR count). The normalized spacial score (nSPS) is 13.2. The number of aliphatic hydroxyl groups is 3. The lowest BCUT2D eigenvalue weighted by Gasteiger charge is -2.24. The number of hydrogen-bond acceptors (Lipinski definition) is 7. The van der Waals surface area contributed by atoms with Crippen LogP contribution in [-0.2, 0) is 0 Å². The van der Waals surface area contributed by atoms with Gasteiger partial charge in [-0.1, -0.05) is 24.3 Å². The summed E-state index contributed by atoms with van der Waals surface area (Å²) in [6.07, 6.45) is 1.32. The first-order valence-electron chi connectivity index (χ1n) is 8.70. The first-order chi connectivity index (χ1) is 13.6. The summed E-state index contributed by atoms with van der Waals surface area (Å²) in [5.41, 5.74) is 1.33. The van der Waals surface area contributed by atoms with E-state index < -0.39 is 18.8 Å². The van der Waals surface area contributed by atoms with Crippen molar-refractivity contribution in [2.75, 3.05) is 34.5 Å². The minimum absolute atomic E-state index is 0.0648. The van der Waals surface area contributed by atoms with Crippen LogP contribution in [0.3, 0.4) is 0 Å². The molecule has 0 amide bonds. The zero-order chi connectivity index (χ0) is 20.5. The molecule has 7 heteroatoms. The van der Waals surface area contributed by atoms with Crippen LogP contribution in [0.2, 0.25) is 0 Å². The molecule has 0 spiro atoms. The third-order valence-electron chi connectivity index (χ3n) is 4.16. The lowest BCUT2D eigenvalue weighted by atomic mass is 10.0. The Kier molecular flexibility index (Phi) is 8.13. The molecule has 7 nitrogen and oxygen atoms in total. The molecule has 2 aromatic rings. The highest BCUT2D eigenvalue weighted by molar-refractivity contribution is 5.56. The Balaban J connectivity index is 2.25. The highest BCUT2D eigenvalue weighted by Gasteiger charge is 2.24. The Morgan fingerprint density at radius 1 is 0.857 bits per heavy atom. The summed E-state index contributed by atoms with van der Waals surface area (Å²) in [5.74, 6) is 1.82. The molecule has 0 aliphatic rings. The van der Waals surface area contributed by atoms with Gasteiger partial charge in [0.25, 0.3) is 0 Å². The summed E-state index contributed by atoms with van der Waals surface area (Å²) >= 11 is 0. The number of benzene rings is 2. The van der Waals surface area contributed by atoms with E-state index in [0.717, 1.165) is 5.56 Å². The number of aliphatic hydroxyl groups excluding tert-OH is 3. The number of rotatable bonds is 10. The van der Waals surface area contributed by atoms with Gasteiger partial charge in [0.15, 0.2) is 29.1 Å². The van der Waals surface area contributed by atoms with E-state index in [1.165, 1.54) is 21.3 Å². The average Bonchev–Trinajstić information content (AvgIpc) is 2.75. The van der Waals surface area contributed by atoms with Gasteiger partial charge < -0.3 is 34.3 Å². The van der Waals surface area contributed by atoms with Crippen molar-refractivity contribution in [2.45, 2.75) is 12.2 Å². The van der Waals surface area contributed by atoms with Crippen LogP contribution >= 0.6 is 0 Å². The number of ether oxygens (including phenoxy) is 4. The molecule has 0 fully saturated rings. The van der Waals surface area contributed by atoms with Crippen LogP contribution in [0, 0.1) is 0 Å². The Morgan fingerprint density at radius 2 is 1.50 bits per heavy atom. The second kappa shape index (κ2) is 10.6. The quantitative estimate of drug-likeness (QED) is 0.572. The van der Waals surface area contributed by atoms with Crippen LogP contribution in [0.1, 0.15) is 17.2 Å². The van der Waals surface area contributed by atoms with E-state index >= 15 is 0 Å². The summed E-state index contributed by atoms with van der Waals surface area (Å²) in [7, 11) is 4.53. The van der Waals surface area contributed by atoms with Crippen LogP contribution in [0.15, 0.2) is 42.5 Å². The molecule has 152 valence electrons. The molecule has 0 saturated carbocycles. The van der Waals surface area contributed by atoms with Crippen molar-refractivity contribution in [3.05, 3.63) is 53.6 Å².